The number of anilines is 1. The van der Waals surface area contributed by atoms with Gasteiger partial charge in [-0.1, -0.05) is 27.5 Å². The average molecular weight is 334 g/mol. The van der Waals surface area contributed by atoms with Crippen molar-refractivity contribution in [3.05, 3.63) is 27.7 Å². The molecule has 0 spiro atoms. The Balaban J connectivity index is 1.93. The van der Waals surface area contributed by atoms with Gasteiger partial charge in [-0.2, -0.15) is 0 Å². The molecular formula is C12H14BrClN2O2. The largest absolute Gasteiger partial charge is 0.392 e. The summed E-state index contributed by atoms with van der Waals surface area (Å²) in [6.07, 6.45) is 1.77. The molecule has 1 fully saturated rings. The molecule has 0 heterocycles. The fraction of sp³-hybridized carbons (Fsp3) is 0.417. The summed E-state index contributed by atoms with van der Waals surface area (Å²) in [5, 5.41) is 10.1. The molecule has 4 nitrogen and oxygen atoms in total. The van der Waals surface area contributed by atoms with E-state index >= 15 is 0 Å². The van der Waals surface area contributed by atoms with E-state index in [1.165, 1.54) is 0 Å². The fourth-order valence-electron chi connectivity index (χ4n) is 2.06. The zero-order valence-electron chi connectivity index (χ0n) is 9.62. The number of nitrogens with one attached hydrogen (secondary N) is 2. The molecule has 0 bridgehead atoms. The number of hydrogen-bond donors (Lipinski definition) is 3. The Morgan fingerprint density at radius 3 is 2.83 bits per heavy atom. The predicted molar refractivity (Wildman–Crippen MR) is 74.3 cm³/mol. The standard InChI is InChI=1S/C12H14BrClN2O2/c13-7-4-5-10(9(14)6-7)15-16-12(18)8-2-1-3-11(8)17/h4-6,8,11,15,17H,1-3H2,(H,16,18). The SMILES string of the molecule is O=C(NNc1ccc(Br)cc1Cl)C1CCCC1O. The van der Waals surface area contributed by atoms with E-state index in [-0.39, 0.29) is 11.8 Å². The zero-order valence-corrected chi connectivity index (χ0v) is 12.0. The van der Waals surface area contributed by atoms with Crippen LogP contribution in [0.25, 0.3) is 0 Å². The summed E-state index contributed by atoms with van der Waals surface area (Å²) in [7, 11) is 0. The second kappa shape index (κ2) is 5.91. The fourth-order valence-corrected chi connectivity index (χ4v) is 2.78. The van der Waals surface area contributed by atoms with E-state index in [1.807, 2.05) is 6.07 Å². The molecule has 2 unspecified atom stereocenters. The number of rotatable bonds is 3. The van der Waals surface area contributed by atoms with Crippen molar-refractivity contribution >= 4 is 39.1 Å². The Morgan fingerprint density at radius 1 is 1.44 bits per heavy atom. The number of benzene rings is 1. The molecule has 18 heavy (non-hydrogen) atoms. The number of carbonyl (C=O) groups excluding carboxylic acids is 1. The number of amides is 1. The van der Waals surface area contributed by atoms with Crippen LogP contribution < -0.4 is 10.9 Å². The topological polar surface area (TPSA) is 61.4 Å². The highest BCUT2D eigenvalue weighted by Gasteiger charge is 2.31. The minimum absolute atomic E-state index is 0.195. The molecule has 6 heteroatoms. The van der Waals surface area contributed by atoms with Crippen LogP contribution in [-0.4, -0.2) is 17.1 Å². The lowest BCUT2D eigenvalue weighted by atomic mass is 10.1. The number of aliphatic hydroxyl groups excluding tert-OH is 1. The van der Waals surface area contributed by atoms with Gasteiger partial charge in [-0.15, -0.1) is 0 Å². The van der Waals surface area contributed by atoms with Crippen LogP contribution in [-0.2, 0) is 4.79 Å². The Kier molecular flexibility index (Phi) is 4.48. The van der Waals surface area contributed by atoms with Crippen molar-refractivity contribution in [1.29, 1.82) is 0 Å². The van der Waals surface area contributed by atoms with Crippen LogP contribution in [0.5, 0.6) is 0 Å². The summed E-state index contributed by atoms with van der Waals surface area (Å²) in [4.78, 5) is 11.8. The molecule has 3 N–H and O–H groups in total. The van der Waals surface area contributed by atoms with Crippen LogP contribution >= 0.6 is 27.5 Å². The van der Waals surface area contributed by atoms with Crippen molar-refractivity contribution in [2.24, 2.45) is 5.92 Å². The van der Waals surface area contributed by atoms with Crippen molar-refractivity contribution < 1.29 is 9.90 Å². The zero-order chi connectivity index (χ0) is 13.1. The number of hydrazine groups is 1. The quantitative estimate of drug-likeness (QED) is 0.745. The molecule has 2 rings (SSSR count). The van der Waals surface area contributed by atoms with Gasteiger partial charge in [0, 0.05) is 4.47 Å². The number of carbonyl (C=O) groups is 1. The monoisotopic (exact) mass is 332 g/mol. The predicted octanol–water partition coefficient (Wildman–Crippen LogP) is 2.71. The molecule has 1 aromatic rings. The van der Waals surface area contributed by atoms with E-state index in [0.717, 1.165) is 17.3 Å². The molecule has 1 aliphatic rings. The first-order valence-corrected chi connectivity index (χ1v) is 6.94. The van der Waals surface area contributed by atoms with Gasteiger partial charge >= 0.3 is 0 Å². The Morgan fingerprint density at radius 2 is 2.22 bits per heavy atom. The van der Waals surface area contributed by atoms with Gasteiger partial charge in [0.1, 0.15) is 0 Å². The third-order valence-electron chi connectivity index (χ3n) is 3.07. The molecule has 1 aromatic carbocycles. The van der Waals surface area contributed by atoms with Crippen molar-refractivity contribution in [3.8, 4) is 0 Å². The highest BCUT2D eigenvalue weighted by atomic mass is 79.9. The molecule has 98 valence electrons. The Bertz CT molecular complexity index is 456. The third kappa shape index (κ3) is 3.16. The molecule has 2 atom stereocenters. The Labute approximate surface area is 119 Å². The molecule has 0 saturated heterocycles. The number of hydrogen-bond acceptors (Lipinski definition) is 3. The lowest BCUT2D eigenvalue weighted by Gasteiger charge is -2.16. The molecule has 1 amide bonds. The molecule has 0 radical (unpaired) electrons. The van der Waals surface area contributed by atoms with Gasteiger partial charge in [0.15, 0.2) is 0 Å². The van der Waals surface area contributed by atoms with E-state index in [9.17, 15) is 9.90 Å². The average Bonchev–Trinajstić information content (AvgIpc) is 2.74. The van der Waals surface area contributed by atoms with Crippen LogP contribution in [0, 0.1) is 5.92 Å². The van der Waals surface area contributed by atoms with Gasteiger partial charge in [0.05, 0.1) is 22.7 Å². The molecular weight excluding hydrogens is 320 g/mol. The lowest BCUT2D eigenvalue weighted by molar-refractivity contribution is -0.126. The molecule has 0 aromatic heterocycles. The van der Waals surface area contributed by atoms with E-state index < -0.39 is 6.10 Å². The lowest BCUT2D eigenvalue weighted by Crippen LogP contribution is -2.38. The van der Waals surface area contributed by atoms with Crippen molar-refractivity contribution in [2.75, 3.05) is 5.43 Å². The van der Waals surface area contributed by atoms with Crippen LogP contribution in [0.4, 0.5) is 5.69 Å². The summed E-state index contributed by atoms with van der Waals surface area (Å²) < 4.78 is 0.871. The van der Waals surface area contributed by atoms with E-state index in [2.05, 4.69) is 26.8 Å². The summed E-state index contributed by atoms with van der Waals surface area (Å²) in [5.74, 6) is -0.522. The third-order valence-corrected chi connectivity index (χ3v) is 3.87. The second-order valence-corrected chi connectivity index (χ2v) is 5.67. The maximum atomic E-state index is 11.8. The first kappa shape index (κ1) is 13.6. The minimum Gasteiger partial charge on any atom is -0.392 e. The second-order valence-electron chi connectivity index (χ2n) is 4.34. The molecule has 1 aliphatic carbocycles. The van der Waals surface area contributed by atoms with Crippen LogP contribution in [0.15, 0.2) is 22.7 Å². The first-order valence-electron chi connectivity index (χ1n) is 5.77. The maximum Gasteiger partial charge on any atom is 0.244 e. The van der Waals surface area contributed by atoms with Crippen molar-refractivity contribution in [1.82, 2.24) is 5.43 Å². The van der Waals surface area contributed by atoms with Gasteiger partial charge < -0.3 is 5.11 Å². The van der Waals surface area contributed by atoms with E-state index in [1.54, 1.807) is 12.1 Å². The van der Waals surface area contributed by atoms with Gasteiger partial charge in [-0.3, -0.25) is 15.6 Å². The van der Waals surface area contributed by atoms with Crippen molar-refractivity contribution in [3.63, 3.8) is 0 Å². The summed E-state index contributed by atoms with van der Waals surface area (Å²) in [5.41, 5.74) is 5.98. The van der Waals surface area contributed by atoms with Gasteiger partial charge in [-0.25, -0.2) is 0 Å². The summed E-state index contributed by atoms with van der Waals surface area (Å²) >= 11 is 9.31. The highest BCUT2D eigenvalue weighted by molar-refractivity contribution is 9.10. The highest BCUT2D eigenvalue weighted by Crippen LogP contribution is 2.27. The van der Waals surface area contributed by atoms with E-state index in [0.29, 0.717) is 17.1 Å². The van der Waals surface area contributed by atoms with Gasteiger partial charge in [-0.05, 0) is 37.5 Å². The maximum absolute atomic E-state index is 11.8. The first-order chi connectivity index (χ1) is 8.58. The molecule has 0 aliphatic heterocycles. The summed E-state index contributed by atoms with van der Waals surface area (Å²) in [6.45, 7) is 0. The van der Waals surface area contributed by atoms with Gasteiger partial charge in [0.25, 0.3) is 0 Å². The van der Waals surface area contributed by atoms with Crippen LogP contribution in [0.2, 0.25) is 5.02 Å². The van der Waals surface area contributed by atoms with E-state index in [4.69, 9.17) is 11.6 Å². The minimum atomic E-state index is -0.535. The number of halogens is 2. The van der Waals surface area contributed by atoms with Crippen LogP contribution in [0.3, 0.4) is 0 Å². The summed E-state index contributed by atoms with van der Waals surface area (Å²) in [6, 6.07) is 5.32. The van der Waals surface area contributed by atoms with Crippen LogP contribution in [0.1, 0.15) is 19.3 Å². The Hall–Kier alpha value is -0.780. The number of aliphatic hydroxyl groups is 1. The molecule has 1 saturated carbocycles. The smallest absolute Gasteiger partial charge is 0.244 e. The normalized spacial score (nSPS) is 22.8. The van der Waals surface area contributed by atoms with Crippen molar-refractivity contribution in [2.45, 2.75) is 25.4 Å². The van der Waals surface area contributed by atoms with Gasteiger partial charge in [0.2, 0.25) is 5.91 Å².